The molecule has 0 heterocycles. The molecule has 2 N–H and O–H groups in total. The Balaban J connectivity index is 0.00000704. The molecule has 1 aliphatic carbocycles. The van der Waals surface area contributed by atoms with Crippen molar-refractivity contribution in [1.82, 2.24) is 0 Å². The van der Waals surface area contributed by atoms with Crippen LogP contribution in [-0.2, 0) is 28.8 Å². The fraction of sp³-hybridized carbons (Fsp3) is 0.548. The zero-order chi connectivity index (χ0) is 30.2. The maximum absolute atomic E-state index is 12.8. The van der Waals surface area contributed by atoms with Gasteiger partial charge in [-0.2, -0.15) is 0 Å². The number of carboxylic acid groups (broad SMARTS) is 2. The molecule has 0 aromatic carbocycles. The number of carbonyl (C=O) groups excluding carboxylic acids is 4. The molecule has 8 heteroatoms. The number of Topliss-reactive ketones (excluding diaryl/α,β-unsaturated/α-hetero) is 2. The molecule has 0 spiro atoms. The van der Waals surface area contributed by atoms with Crippen LogP contribution in [0, 0.1) is 11.3 Å². The highest BCUT2D eigenvalue weighted by molar-refractivity contribution is 6.20. The lowest BCUT2D eigenvalue weighted by Crippen LogP contribution is -2.23. The molecule has 0 saturated heterocycles. The lowest BCUT2D eigenvalue weighted by atomic mass is 9.84. The number of rotatable bonds is 17. The lowest BCUT2D eigenvalue weighted by Gasteiger charge is -2.19. The van der Waals surface area contributed by atoms with Crippen molar-refractivity contribution >= 4 is 35.1 Å². The van der Waals surface area contributed by atoms with Crippen LogP contribution < -0.4 is 0 Å². The van der Waals surface area contributed by atoms with E-state index in [9.17, 15) is 33.9 Å². The lowest BCUT2D eigenvalue weighted by molar-refractivity contribution is -0.147. The molecule has 0 aromatic rings. The molecular weight excluding hydrogens is 500 g/mol. The zero-order valence-corrected chi connectivity index (χ0v) is 24.2. The number of hydrogen-bond acceptors (Lipinski definition) is 6. The zero-order valence-electron chi connectivity index (χ0n) is 24.2. The molecule has 0 amide bonds. The Hall–Kier alpha value is -3.42. The third-order valence-electron chi connectivity index (χ3n) is 6.42. The highest BCUT2D eigenvalue weighted by atomic mass is 16.4. The number of ketones is 4. The second kappa shape index (κ2) is 18.0. The molecule has 39 heavy (non-hydrogen) atoms. The summed E-state index contributed by atoms with van der Waals surface area (Å²) in [6, 6.07) is 0. The monoisotopic (exact) mass is 544 g/mol. The van der Waals surface area contributed by atoms with Crippen LogP contribution in [0.1, 0.15) is 99.3 Å². The number of allylic oxidation sites excluding steroid dienone is 8. The Bertz CT molecular complexity index is 1040. The van der Waals surface area contributed by atoms with Gasteiger partial charge in [-0.3, -0.25) is 28.8 Å². The van der Waals surface area contributed by atoms with Gasteiger partial charge in [-0.05, 0) is 108 Å². The van der Waals surface area contributed by atoms with E-state index in [2.05, 4.69) is 0 Å². The molecule has 0 radical (unpaired) electrons. The summed E-state index contributed by atoms with van der Waals surface area (Å²) in [6.45, 7) is 10.2. The highest BCUT2D eigenvalue weighted by Gasteiger charge is 2.27. The third kappa shape index (κ3) is 13.8. The summed E-state index contributed by atoms with van der Waals surface area (Å²) >= 11 is 0. The predicted octanol–water partition coefficient (Wildman–Crippen LogP) is 6.00. The van der Waals surface area contributed by atoms with E-state index in [-0.39, 0.29) is 36.0 Å². The molecule has 1 unspecified atom stereocenters. The van der Waals surface area contributed by atoms with E-state index in [4.69, 9.17) is 5.11 Å². The standard InChI is InChI=1S/C29H38O8.C2H6/c1-19(27(34)35)10-6-5-7-14-24(31)16-21(20(2)30)11-8-12-22-17-25(32)18-23(26(22)33)13-9-15-29(3,4)28(36)37;1-2/h7,14,16-19H,5-6,8-13,15H2,1-4H3,(H,34,35)(H,36,37);1-2H3/b14-7+,21-16-;. The quantitative estimate of drug-likeness (QED) is 0.129. The van der Waals surface area contributed by atoms with Crippen molar-refractivity contribution in [2.75, 3.05) is 0 Å². The summed E-state index contributed by atoms with van der Waals surface area (Å²) < 4.78 is 0. The van der Waals surface area contributed by atoms with Gasteiger partial charge >= 0.3 is 11.9 Å². The number of unbranched alkanes of at least 4 members (excludes halogenated alkanes) is 1. The van der Waals surface area contributed by atoms with Gasteiger partial charge in [-0.25, -0.2) is 0 Å². The first-order chi connectivity index (χ1) is 18.2. The number of carboxylic acids is 2. The largest absolute Gasteiger partial charge is 0.481 e. The maximum Gasteiger partial charge on any atom is 0.309 e. The normalized spacial score (nSPS) is 14.8. The summed E-state index contributed by atoms with van der Waals surface area (Å²) in [5, 5.41) is 18.1. The molecule has 0 saturated carbocycles. The van der Waals surface area contributed by atoms with Gasteiger partial charge in [0, 0.05) is 11.1 Å². The van der Waals surface area contributed by atoms with E-state index in [1.807, 2.05) is 13.8 Å². The van der Waals surface area contributed by atoms with Crippen molar-refractivity contribution in [3.8, 4) is 0 Å². The molecule has 1 aliphatic rings. The molecule has 0 bridgehead atoms. The van der Waals surface area contributed by atoms with E-state index in [1.54, 1.807) is 26.8 Å². The minimum absolute atomic E-state index is 0.239. The van der Waals surface area contributed by atoms with E-state index in [0.29, 0.717) is 61.7 Å². The van der Waals surface area contributed by atoms with Gasteiger partial charge in [0.15, 0.2) is 23.1 Å². The number of carbonyl (C=O) groups is 6. The van der Waals surface area contributed by atoms with Gasteiger partial charge in [-0.15, -0.1) is 0 Å². The van der Waals surface area contributed by atoms with E-state index < -0.39 is 23.3 Å². The Morgan fingerprint density at radius 2 is 1.51 bits per heavy atom. The van der Waals surface area contributed by atoms with E-state index in [0.717, 1.165) is 0 Å². The minimum atomic E-state index is -0.915. The fourth-order valence-corrected chi connectivity index (χ4v) is 3.83. The molecule has 0 aromatic heterocycles. The van der Waals surface area contributed by atoms with E-state index >= 15 is 0 Å². The summed E-state index contributed by atoms with van der Waals surface area (Å²) in [5.41, 5.74) is 0.131. The van der Waals surface area contributed by atoms with Crippen LogP contribution in [0.5, 0.6) is 0 Å². The Kier molecular flexibility index (Phi) is 16.4. The molecule has 0 aliphatic heterocycles. The summed E-state index contributed by atoms with van der Waals surface area (Å²) in [5.74, 6) is -3.32. The van der Waals surface area contributed by atoms with Gasteiger partial charge in [0.05, 0.1) is 11.3 Å². The van der Waals surface area contributed by atoms with Crippen molar-refractivity contribution in [3.63, 3.8) is 0 Å². The van der Waals surface area contributed by atoms with Gasteiger partial charge < -0.3 is 10.2 Å². The molecule has 0 fully saturated rings. The van der Waals surface area contributed by atoms with Gasteiger partial charge in [-0.1, -0.05) is 26.8 Å². The van der Waals surface area contributed by atoms with Gasteiger partial charge in [0.25, 0.3) is 0 Å². The first-order valence-electron chi connectivity index (χ1n) is 13.6. The molecule has 1 atom stereocenters. The van der Waals surface area contributed by atoms with Crippen molar-refractivity contribution in [2.45, 2.75) is 99.3 Å². The molecule has 1 rings (SSSR count). The Morgan fingerprint density at radius 3 is 2.03 bits per heavy atom. The fourth-order valence-electron chi connectivity index (χ4n) is 3.83. The Morgan fingerprint density at radius 1 is 0.949 bits per heavy atom. The van der Waals surface area contributed by atoms with Gasteiger partial charge in [0.2, 0.25) is 0 Å². The Labute approximate surface area is 231 Å². The van der Waals surface area contributed by atoms with Crippen molar-refractivity contribution in [3.05, 3.63) is 47.1 Å². The highest BCUT2D eigenvalue weighted by Crippen LogP contribution is 2.27. The van der Waals surface area contributed by atoms with Crippen molar-refractivity contribution < 1.29 is 39.0 Å². The van der Waals surface area contributed by atoms with Crippen LogP contribution in [0.2, 0.25) is 0 Å². The third-order valence-corrected chi connectivity index (χ3v) is 6.42. The number of aliphatic carboxylic acids is 2. The van der Waals surface area contributed by atoms with Crippen LogP contribution in [0.4, 0.5) is 0 Å². The average Bonchev–Trinajstić information content (AvgIpc) is 2.86. The molecule has 8 nitrogen and oxygen atoms in total. The van der Waals surface area contributed by atoms with Crippen LogP contribution in [-0.4, -0.2) is 45.3 Å². The molecular formula is C31H44O8. The first-order valence-corrected chi connectivity index (χ1v) is 13.6. The topological polar surface area (TPSA) is 143 Å². The maximum atomic E-state index is 12.8. The van der Waals surface area contributed by atoms with Gasteiger partial charge in [0.1, 0.15) is 0 Å². The smallest absolute Gasteiger partial charge is 0.309 e. The van der Waals surface area contributed by atoms with Crippen LogP contribution >= 0.6 is 0 Å². The SMILES string of the molecule is CC.CC(=O)/C(=C\C(=O)/C=C/CCCC(C)C(=O)O)CCCC1=CC(=O)C=C(CCCC(C)(C)C(=O)O)C1=O. The van der Waals surface area contributed by atoms with Crippen molar-refractivity contribution in [1.29, 1.82) is 0 Å². The van der Waals surface area contributed by atoms with Crippen molar-refractivity contribution in [2.24, 2.45) is 11.3 Å². The average molecular weight is 545 g/mol. The summed E-state index contributed by atoms with van der Waals surface area (Å²) in [6.07, 6.45) is 10.7. The van der Waals surface area contributed by atoms with Crippen LogP contribution in [0.15, 0.2) is 47.1 Å². The molecule has 216 valence electrons. The summed E-state index contributed by atoms with van der Waals surface area (Å²) in [7, 11) is 0. The predicted molar refractivity (Wildman–Crippen MR) is 150 cm³/mol. The van der Waals surface area contributed by atoms with Crippen LogP contribution in [0.3, 0.4) is 0 Å². The second-order valence-corrected chi connectivity index (χ2v) is 10.2. The number of hydrogen-bond donors (Lipinski definition) is 2. The van der Waals surface area contributed by atoms with E-state index in [1.165, 1.54) is 31.2 Å². The minimum Gasteiger partial charge on any atom is -0.481 e. The summed E-state index contributed by atoms with van der Waals surface area (Å²) in [4.78, 5) is 71.2. The van der Waals surface area contributed by atoms with Crippen LogP contribution in [0.25, 0.3) is 0 Å². The second-order valence-electron chi connectivity index (χ2n) is 10.2. The first kappa shape index (κ1) is 35.6.